The van der Waals surface area contributed by atoms with Crippen molar-refractivity contribution in [2.75, 3.05) is 5.32 Å². The average Bonchev–Trinajstić information content (AvgIpc) is 3.12. The number of amides is 1. The van der Waals surface area contributed by atoms with Crippen LogP contribution >= 0.6 is 0 Å². The van der Waals surface area contributed by atoms with E-state index in [-0.39, 0.29) is 11.9 Å². The molecule has 0 saturated heterocycles. The zero-order valence-electron chi connectivity index (χ0n) is 11.8. The van der Waals surface area contributed by atoms with Gasteiger partial charge in [0, 0.05) is 23.7 Å². The van der Waals surface area contributed by atoms with Gasteiger partial charge in [-0.1, -0.05) is 6.42 Å². The van der Waals surface area contributed by atoms with Crippen molar-refractivity contribution in [3.05, 3.63) is 36.9 Å². The zero-order valence-corrected chi connectivity index (χ0v) is 11.8. The first kappa shape index (κ1) is 13.8. The van der Waals surface area contributed by atoms with Gasteiger partial charge >= 0.3 is 0 Å². The van der Waals surface area contributed by atoms with E-state index in [0.717, 1.165) is 30.5 Å². The molecular formula is C16H19N3O2. The quantitative estimate of drug-likeness (QED) is 0.905. The molecule has 1 heterocycles. The summed E-state index contributed by atoms with van der Waals surface area (Å²) in [5.41, 5.74) is 7.72. The minimum Gasteiger partial charge on any atom is -0.444 e. The molecular weight excluding hydrogens is 266 g/mol. The molecule has 0 unspecified atom stereocenters. The number of hydrogen-bond donors (Lipinski definition) is 2. The number of nitrogens with two attached hydrogens (primary N) is 1. The van der Waals surface area contributed by atoms with E-state index in [1.807, 2.05) is 24.3 Å². The summed E-state index contributed by atoms with van der Waals surface area (Å²) in [4.78, 5) is 15.9. The summed E-state index contributed by atoms with van der Waals surface area (Å²) >= 11 is 0. The molecule has 2 aromatic rings. The molecule has 1 amide bonds. The van der Waals surface area contributed by atoms with Crippen LogP contribution in [0.4, 0.5) is 5.69 Å². The second kappa shape index (κ2) is 6.10. The lowest BCUT2D eigenvalue weighted by molar-refractivity contribution is -0.117. The lowest BCUT2D eigenvalue weighted by Crippen LogP contribution is -2.28. The van der Waals surface area contributed by atoms with E-state index in [0.29, 0.717) is 18.1 Å². The summed E-state index contributed by atoms with van der Waals surface area (Å²) in [6.45, 7) is 0. The fourth-order valence-corrected chi connectivity index (χ4v) is 2.85. The smallest absolute Gasteiger partial charge is 0.224 e. The molecule has 1 fully saturated rings. The molecule has 1 aliphatic carbocycles. The number of anilines is 1. The molecule has 1 aromatic heterocycles. The molecule has 2 atom stereocenters. The fourth-order valence-electron chi connectivity index (χ4n) is 2.85. The van der Waals surface area contributed by atoms with Crippen LogP contribution in [-0.4, -0.2) is 16.9 Å². The van der Waals surface area contributed by atoms with Crippen LogP contribution in [0.25, 0.3) is 11.3 Å². The molecule has 5 nitrogen and oxygen atoms in total. The largest absolute Gasteiger partial charge is 0.444 e. The molecule has 0 radical (unpaired) electrons. The van der Waals surface area contributed by atoms with Crippen molar-refractivity contribution >= 4 is 11.6 Å². The molecule has 0 spiro atoms. The third kappa shape index (κ3) is 3.31. The van der Waals surface area contributed by atoms with Crippen LogP contribution in [0, 0.1) is 5.92 Å². The number of aromatic nitrogens is 1. The number of rotatable bonds is 4. The predicted molar refractivity (Wildman–Crippen MR) is 80.5 cm³/mol. The minimum absolute atomic E-state index is 0.0322. The van der Waals surface area contributed by atoms with Crippen molar-refractivity contribution in [1.82, 2.24) is 4.98 Å². The Morgan fingerprint density at radius 1 is 1.33 bits per heavy atom. The first-order chi connectivity index (χ1) is 10.2. The van der Waals surface area contributed by atoms with Crippen molar-refractivity contribution < 1.29 is 9.21 Å². The topological polar surface area (TPSA) is 81.2 Å². The number of nitrogens with zero attached hydrogens (tertiary/aromatic N) is 1. The van der Waals surface area contributed by atoms with Gasteiger partial charge in [-0.2, -0.15) is 0 Å². The Hall–Kier alpha value is -2.14. The van der Waals surface area contributed by atoms with Gasteiger partial charge in [-0.3, -0.25) is 4.79 Å². The summed E-state index contributed by atoms with van der Waals surface area (Å²) in [5.74, 6) is 1.06. The number of carbonyl (C=O) groups excluding carboxylic acids is 1. The van der Waals surface area contributed by atoms with Gasteiger partial charge in [0.25, 0.3) is 0 Å². The van der Waals surface area contributed by atoms with E-state index in [1.54, 1.807) is 6.20 Å². The average molecular weight is 285 g/mol. The van der Waals surface area contributed by atoms with Crippen LogP contribution in [-0.2, 0) is 4.79 Å². The highest BCUT2D eigenvalue weighted by Crippen LogP contribution is 2.27. The summed E-state index contributed by atoms with van der Waals surface area (Å²) < 4.78 is 5.23. The fraction of sp³-hybridized carbons (Fsp3) is 0.375. The van der Waals surface area contributed by atoms with E-state index in [2.05, 4.69) is 10.3 Å². The van der Waals surface area contributed by atoms with Crippen molar-refractivity contribution in [3.8, 4) is 11.3 Å². The second-order valence-electron chi connectivity index (χ2n) is 5.55. The Kier molecular flexibility index (Phi) is 4.01. The maximum atomic E-state index is 12.0. The van der Waals surface area contributed by atoms with Crippen LogP contribution in [0.1, 0.15) is 25.7 Å². The third-order valence-electron chi connectivity index (χ3n) is 4.05. The van der Waals surface area contributed by atoms with Gasteiger partial charge < -0.3 is 15.5 Å². The van der Waals surface area contributed by atoms with Gasteiger partial charge in [0.1, 0.15) is 0 Å². The van der Waals surface area contributed by atoms with E-state index in [9.17, 15) is 4.79 Å². The lowest BCUT2D eigenvalue weighted by atomic mass is 10.00. The van der Waals surface area contributed by atoms with Gasteiger partial charge in [-0.05, 0) is 43.0 Å². The van der Waals surface area contributed by atoms with Crippen LogP contribution in [0.3, 0.4) is 0 Å². The van der Waals surface area contributed by atoms with Gasteiger partial charge in [0.15, 0.2) is 12.2 Å². The molecule has 110 valence electrons. The van der Waals surface area contributed by atoms with Crippen LogP contribution in [0.5, 0.6) is 0 Å². The van der Waals surface area contributed by atoms with E-state index >= 15 is 0 Å². The Morgan fingerprint density at radius 2 is 2.14 bits per heavy atom. The van der Waals surface area contributed by atoms with E-state index < -0.39 is 0 Å². The molecule has 0 bridgehead atoms. The minimum atomic E-state index is 0.0322. The standard InChI is InChI=1S/C16H19N3O2/c17-14-3-1-2-12(14)8-16(20)19-13-6-4-11(5-7-13)15-9-18-10-21-15/h4-7,9-10,12,14H,1-3,8,17H2,(H,19,20)/t12-,14+/m0/s1. The monoisotopic (exact) mass is 285 g/mol. The SMILES string of the molecule is N[C@@H]1CCC[C@H]1CC(=O)Nc1ccc(-c2cnco2)cc1. The molecule has 0 aliphatic heterocycles. The molecule has 3 rings (SSSR count). The molecule has 1 saturated carbocycles. The maximum Gasteiger partial charge on any atom is 0.224 e. The molecule has 5 heteroatoms. The highest BCUT2D eigenvalue weighted by atomic mass is 16.3. The van der Waals surface area contributed by atoms with Gasteiger partial charge in [-0.15, -0.1) is 0 Å². The Labute approximate surface area is 123 Å². The lowest BCUT2D eigenvalue weighted by Gasteiger charge is -2.14. The van der Waals surface area contributed by atoms with Crippen molar-refractivity contribution in [3.63, 3.8) is 0 Å². The van der Waals surface area contributed by atoms with E-state index in [4.69, 9.17) is 10.2 Å². The first-order valence-electron chi connectivity index (χ1n) is 7.27. The molecule has 3 N–H and O–H groups in total. The summed E-state index contributed by atoms with van der Waals surface area (Å²) in [5, 5.41) is 2.92. The highest BCUT2D eigenvalue weighted by molar-refractivity contribution is 5.91. The second-order valence-corrected chi connectivity index (χ2v) is 5.55. The first-order valence-corrected chi connectivity index (χ1v) is 7.27. The number of oxazole rings is 1. The Bertz CT molecular complexity index is 592. The molecule has 1 aromatic carbocycles. The van der Waals surface area contributed by atoms with Gasteiger partial charge in [-0.25, -0.2) is 4.98 Å². The Morgan fingerprint density at radius 3 is 2.76 bits per heavy atom. The normalized spacial score (nSPS) is 21.4. The summed E-state index contributed by atoms with van der Waals surface area (Å²) in [6.07, 6.45) is 6.78. The molecule has 21 heavy (non-hydrogen) atoms. The number of hydrogen-bond acceptors (Lipinski definition) is 4. The van der Waals surface area contributed by atoms with Gasteiger partial charge in [0.05, 0.1) is 6.20 Å². The number of carbonyl (C=O) groups is 1. The zero-order chi connectivity index (χ0) is 14.7. The van der Waals surface area contributed by atoms with Gasteiger partial charge in [0.2, 0.25) is 5.91 Å². The summed E-state index contributed by atoms with van der Waals surface area (Å²) in [6, 6.07) is 7.70. The highest BCUT2D eigenvalue weighted by Gasteiger charge is 2.25. The van der Waals surface area contributed by atoms with E-state index in [1.165, 1.54) is 6.39 Å². The number of nitrogens with one attached hydrogen (secondary N) is 1. The predicted octanol–water partition coefficient (Wildman–Crippen LogP) is 2.80. The van der Waals surface area contributed by atoms with Crippen LogP contribution in [0.15, 0.2) is 41.3 Å². The molecule has 1 aliphatic rings. The number of benzene rings is 1. The van der Waals surface area contributed by atoms with Crippen molar-refractivity contribution in [1.29, 1.82) is 0 Å². The summed E-state index contributed by atoms with van der Waals surface area (Å²) in [7, 11) is 0. The van der Waals surface area contributed by atoms with Crippen LogP contribution < -0.4 is 11.1 Å². The maximum absolute atomic E-state index is 12.0. The van der Waals surface area contributed by atoms with Crippen molar-refractivity contribution in [2.24, 2.45) is 11.7 Å². The Balaban J connectivity index is 1.58. The van der Waals surface area contributed by atoms with Crippen LogP contribution in [0.2, 0.25) is 0 Å². The van der Waals surface area contributed by atoms with Crippen molar-refractivity contribution in [2.45, 2.75) is 31.7 Å². The third-order valence-corrected chi connectivity index (χ3v) is 4.05.